The topological polar surface area (TPSA) is 149 Å². The molecule has 0 bridgehead atoms. The Morgan fingerprint density at radius 1 is 0.886 bits per heavy atom. The molecule has 3 rings (SSSR count). The van der Waals surface area contributed by atoms with Crippen LogP contribution in [0.25, 0.3) is 0 Å². The number of nitrogens with two attached hydrogens (primary N) is 1. The fraction of sp³-hybridized carbons (Fsp3) is 0.154. The van der Waals surface area contributed by atoms with Gasteiger partial charge in [-0.05, 0) is 67.9 Å². The fourth-order valence-corrected chi connectivity index (χ4v) is 3.29. The maximum Gasteiger partial charge on any atom is 0.319 e. The van der Waals surface area contributed by atoms with Gasteiger partial charge in [-0.15, -0.1) is 0 Å². The van der Waals surface area contributed by atoms with Gasteiger partial charge in [-0.2, -0.15) is 0 Å². The zero-order valence-corrected chi connectivity index (χ0v) is 19.5. The standard InChI is InChI=1S/C26H28N6O3/c1-16-4-3-5-20(14-16)25(34)31-21-10-6-18(7-11-21)17(2)30-23(33)15-29-26(35)32-22-12-8-19(9-13-22)24(27)28/h3-14,17H,15H2,1-2H3,(H3,27,28)(H,30,33)(H,31,34)(H2,29,32,35). The van der Waals surface area contributed by atoms with Gasteiger partial charge in [0.15, 0.2) is 0 Å². The van der Waals surface area contributed by atoms with E-state index in [9.17, 15) is 14.4 Å². The van der Waals surface area contributed by atoms with Crippen LogP contribution in [0.1, 0.15) is 40.0 Å². The molecule has 0 fully saturated rings. The number of benzene rings is 3. The molecule has 9 nitrogen and oxygen atoms in total. The highest BCUT2D eigenvalue weighted by atomic mass is 16.2. The summed E-state index contributed by atoms with van der Waals surface area (Å²) in [5, 5.41) is 18.2. The third-order valence-electron chi connectivity index (χ3n) is 5.19. The number of nitrogens with one attached hydrogen (secondary N) is 5. The van der Waals surface area contributed by atoms with Crippen molar-refractivity contribution in [3.63, 3.8) is 0 Å². The van der Waals surface area contributed by atoms with Gasteiger partial charge in [-0.1, -0.05) is 29.8 Å². The summed E-state index contributed by atoms with van der Waals surface area (Å²) in [6, 6.07) is 20.2. The second kappa shape index (κ2) is 11.5. The minimum atomic E-state index is -0.530. The summed E-state index contributed by atoms with van der Waals surface area (Å²) in [6.07, 6.45) is 0. The third-order valence-corrected chi connectivity index (χ3v) is 5.19. The van der Waals surface area contributed by atoms with Gasteiger partial charge in [0.25, 0.3) is 5.91 Å². The van der Waals surface area contributed by atoms with Crippen molar-refractivity contribution in [2.24, 2.45) is 5.73 Å². The first-order valence-electron chi connectivity index (χ1n) is 11.0. The van der Waals surface area contributed by atoms with Crippen molar-refractivity contribution in [1.29, 1.82) is 5.41 Å². The van der Waals surface area contributed by atoms with Crippen molar-refractivity contribution >= 4 is 35.1 Å². The van der Waals surface area contributed by atoms with E-state index in [-0.39, 0.29) is 30.2 Å². The lowest BCUT2D eigenvalue weighted by Crippen LogP contribution is -2.39. The lowest BCUT2D eigenvalue weighted by Gasteiger charge is -2.16. The number of anilines is 2. The predicted molar refractivity (Wildman–Crippen MR) is 137 cm³/mol. The second-order valence-electron chi connectivity index (χ2n) is 8.03. The predicted octanol–water partition coefficient (Wildman–Crippen LogP) is 3.53. The van der Waals surface area contributed by atoms with Crippen molar-refractivity contribution in [1.82, 2.24) is 10.6 Å². The van der Waals surface area contributed by atoms with Crippen molar-refractivity contribution in [2.45, 2.75) is 19.9 Å². The van der Waals surface area contributed by atoms with E-state index < -0.39 is 6.03 Å². The summed E-state index contributed by atoms with van der Waals surface area (Å²) in [5.74, 6) is -0.605. The molecular weight excluding hydrogens is 444 g/mol. The van der Waals surface area contributed by atoms with E-state index in [4.69, 9.17) is 11.1 Å². The van der Waals surface area contributed by atoms with Gasteiger partial charge in [0.1, 0.15) is 5.84 Å². The van der Waals surface area contributed by atoms with Crippen molar-refractivity contribution in [3.8, 4) is 0 Å². The Morgan fingerprint density at radius 2 is 1.51 bits per heavy atom. The largest absolute Gasteiger partial charge is 0.384 e. The summed E-state index contributed by atoms with van der Waals surface area (Å²) in [7, 11) is 0. The van der Waals surface area contributed by atoms with Gasteiger partial charge >= 0.3 is 6.03 Å². The van der Waals surface area contributed by atoms with E-state index >= 15 is 0 Å². The molecule has 1 atom stereocenters. The second-order valence-corrected chi connectivity index (χ2v) is 8.03. The van der Waals surface area contributed by atoms with E-state index in [1.54, 1.807) is 42.5 Å². The molecule has 3 aromatic carbocycles. The van der Waals surface area contributed by atoms with Crippen LogP contribution in [0.5, 0.6) is 0 Å². The quantitative estimate of drug-likeness (QED) is 0.220. The number of carbonyl (C=O) groups is 3. The molecule has 9 heteroatoms. The van der Waals surface area contributed by atoms with Crippen LogP contribution in [-0.2, 0) is 4.79 Å². The summed E-state index contributed by atoms with van der Waals surface area (Å²) in [5.41, 5.74) is 9.55. The number of hydrogen-bond donors (Lipinski definition) is 6. The molecule has 0 spiro atoms. The molecule has 3 aromatic rings. The van der Waals surface area contributed by atoms with Crippen LogP contribution >= 0.6 is 0 Å². The molecule has 0 radical (unpaired) electrons. The minimum Gasteiger partial charge on any atom is -0.384 e. The Morgan fingerprint density at radius 3 is 2.14 bits per heavy atom. The van der Waals surface area contributed by atoms with Crippen LogP contribution < -0.4 is 27.0 Å². The molecule has 1 unspecified atom stereocenters. The van der Waals surface area contributed by atoms with Crippen molar-refractivity contribution in [2.75, 3.05) is 17.2 Å². The summed E-state index contributed by atoms with van der Waals surface area (Å²) in [4.78, 5) is 36.7. The molecule has 180 valence electrons. The number of aryl methyl sites for hydroxylation is 1. The van der Waals surface area contributed by atoms with E-state index in [2.05, 4.69) is 21.3 Å². The van der Waals surface area contributed by atoms with Gasteiger partial charge < -0.3 is 27.0 Å². The van der Waals surface area contributed by atoms with Crippen LogP contribution in [0, 0.1) is 12.3 Å². The normalized spacial score (nSPS) is 11.1. The summed E-state index contributed by atoms with van der Waals surface area (Å²) < 4.78 is 0. The highest BCUT2D eigenvalue weighted by molar-refractivity contribution is 6.04. The maximum absolute atomic E-state index is 12.4. The number of nitrogen functional groups attached to an aromatic ring is 1. The Bertz CT molecular complexity index is 1220. The van der Waals surface area contributed by atoms with E-state index in [0.717, 1.165) is 11.1 Å². The van der Waals surface area contributed by atoms with Gasteiger partial charge in [-0.25, -0.2) is 4.79 Å². The van der Waals surface area contributed by atoms with Gasteiger partial charge in [0.2, 0.25) is 5.91 Å². The van der Waals surface area contributed by atoms with Crippen molar-refractivity contribution < 1.29 is 14.4 Å². The lowest BCUT2D eigenvalue weighted by atomic mass is 10.1. The number of rotatable bonds is 8. The first kappa shape index (κ1) is 25.0. The van der Waals surface area contributed by atoms with Crippen LogP contribution in [-0.4, -0.2) is 30.2 Å². The maximum atomic E-state index is 12.4. The van der Waals surface area contributed by atoms with Gasteiger partial charge in [-0.3, -0.25) is 15.0 Å². The van der Waals surface area contributed by atoms with Crippen LogP contribution in [0.2, 0.25) is 0 Å². The Balaban J connectivity index is 1.45. The molecule has 0 aliphatic heterocycles. The molecule has 35 heavy (non-hydrogen) atoms. The highest BCUT2D eigenvalue weighted by Crippen LogP contribution is 2.17. The zero-order valence-electron chi connectivity index (χ0n) is 19.5. The molecule has 0 saturated heterocycles. The smallest absolute Gasteiger partial charge is 0.319 e. The molecule has 0 aromatic heterocycles. The molecule has 0 aliphatic rings. The number of carbonyl (C=O) groups excluding carboxylic acids is 3. The summed E-state index contributed by atoms with van der Waals surface area (Å²) >= 11 is 0. The van der Waals surface area contributed by atoms with Crippen LogP contribution in [0.4, 0.5) is 16.2 Å². The average molecular weight is 473 g/mol. The monoisotopic (exact) mass is 472 g/mol. The zero-order chi connectivity index (χ0) is 25.4. The minimum absolute atomic E-state index is 0.0616. The first-order valence-corrected chi connectivity index (χ1v) is 11.0. The SMILES string of the molecule is Cc1cccc(C(=O)Nc2ccc(C(C)NC(=O)CNC(=O)Nc3ccc(C(=N)N)cc3)cc2)c1. The summed E-state index contributed by atoms with van der Waals surface area (Å²) in [6.45, 7) is 3.56. The number of amides is 4. The van der Waals surface area contributed by atoms with Gasteiger partial charge in [0.05, 0.1) is 12.6 Å². The molecule has 7 N–H and O–H groups in total. The number of amidine groups is 1. The molecule has 4 amide bonds. The molecule has 0 heterocycles. The van der Waals surface area contributed by atoms with Crippen LogP contribution in [0.3, 0.4) is 0 Å². The fourth-order valence-electron chi connectivity index (χ4n) is 3.29. The van der Waals surface area contributed by atoms with Crippen LogP contribution in [0.15, 0.2) is 72.8 Å². The number of urea groups is 1. The van der Waals surface area contributed by atoms with E-state index in [1.807, 2.05) is 44.2 Å². The average Bonchev–Trinajstić information content (AvgIpc) is 2.83. The molecule has 0 saturated carbocycles. The van der Waals surface area contributed by atoms with E-state index in [0.29, 0.717) is 22.5 Å². The number of hydrogen-bond acceptors (Lipinski definition) is 4. The molecular formula is C26H28N6O3. The Kier molecular flexibility index (Phi) is 8.18. The van der Waals surface area contributed by atoms with Crippen molar-refractivity contribution in [3.05, 3.63) is 95.1 Å². The highest BCUT2D eigenvalue weighted by Gasteiger charge is 2.12. The first-order chi connectivity index (χ1) is 16.7. The van der Waals surface area contributed by atoms with E-state index in [1.165, 1.54) is 0 Å². The molecule has 0 aliphatic carbocycles. The third kappa shape index (κ3) is 7.43. The van der Waals surface area contributed by atoms with Gasteiger partial charge in [0, 0.05) is 22.5 Å². The Labute approximate surface area is 203 Å². The lowest BCUT2D eigenvalue weighted by molar-refractivity contribution is -0.120. The Hall–Kier alpha value is -4.66.